The van der Waals surface area contributed by atoms with Crippen LogP contribution >= 0.6 is 0 Å². The van der Waals surface area contributed by atoms with Crippen molar-refractivity contribution in [2.24, 2.45) is 11.8 Å². The summed E-state index contributed by atoms with van der Waals surface area (Å²) in [5.74, 6) is -1.27. The van der Waals surface area contributed by atoms with Crippen molar-refractivity contribution in [3.63, 3.8) is 0 Å². The van der Waals surface area contributed by atoms with Crippen LogP contribution in [0.3, 0.4) is 0 Å². The van der Waals surface area contributed by atoms with Crippen molar-refractivity contribution in [1.82, 2.24) is 0 Å². The third-order valence-corrected chi connectivity index (χ3v) is 11.7. The Kier molecular flexibility index (Phi) is 30.2. The van der Waals surface area contributed by atoms with Gasteiger partial charge in [-0.15, -0.1) is 0 Å². The molecule has 0 spiro atoms. The Morgan fingerprint density at radius 3 is 0.824 bits per heavy atom. The summed E-state index contributed by atoms with van der Waals surface area (Å²) in [5, 5.41) is 0. The summed E-state index contributed by atoms with van der Waals surface area (Å²) >= 11 is 0. The molecule has 300 valence electrons. The molecule has 0 radical (unpaired) electrons. The molecule has 1 saturated heterocycles. The molecule has 1 aliphatic carbocycles. The minimum absolute atomic E-state index is 0.122. The maximum absolute atomic E-state index is 13.0. The van der Waals surface area contributed by atoms with E-state index in [0.29, 0.717) is 26.1 Å². The highest BCUT2D eigenvalue weighted by molar-refractivity contribution is 5.82. The first-order valence-corrected chi connectivity index (χ1v) is 23.2. The predicted octanol–water partition coefficient (Wildman–Crippen LogP) is 14.2. The molecule has 51 heavy (non-hydrogen) atoms. The average molecular weight is 719 g/mol. The lowest BCUT2D eigenvalue weighted by Gasteiger charge is -2.26. The van der Waals surface area contributed by atoms with Crippen molar-refractivity contribution < 1.29 is 23.8 Å². The van der Waals surface area contributed by atoms with Gasteiger partial charge in [-0.3, -0.25) is 9.59 Å². The first-order valence-electron chi connectivity index (χ1n) is 23.2. The molecule has 2 fully saturated rings. The molecule has 0 N–H and O–H groups in total. The van der Waals surface area contributed by atoms with Crippen molar-refractivity contribution in [1.29, 1.82) is 0 Å². The second-order valence-electron chi connectivity index (χ2n) is 16.5. The Morgan fingerprint density at radius 1 is 0.373 bits per heavy atom. The van der Waals surface area contributed by atoms with E-state index >= 15 is 0 Å². The van der Waals surface area contributed by atoms with Gasteiger partial charge >= 0.3 is 11.9 Å². The molecular formula is C46H86O5. The molecule has 0 aromatic rings. The Hall–Kier alpha value is -1.10. The Labute approximate surface area is 317 Å². The first kappa shape index (κ1) is 46.1. The molecule has 1 heterocycles. The highest BCUT2D eigenvalue weighted by atomic mass is 16.6. The molecule has 2 rings (SSSR count). The highest BCUT2D eigenvalue weighted by Crippen LogP contribution is 2.44. The molecule has 4 unspecified atom stereocenters. The van der Waals surface area contributed by atoms with Gasteiger partial charge in [-0.2, -0.15) is 0 Å². The molecular weight excluding hydrogens is 633 g/mol. The molecule has 5 heteroatoms. The number of carbonyl (C=O) groups is 2. The van der Waals surface area contributed by atoms with Crippen LogP contribution in [0.4, 0.5) is 0 Å². The van der Waals surface area contributed by atoms with E-state index in [9.17, 15) is 9.59 Å². The van der Waals surface area contributed by atoms with E-state index in [-0.39, 0.29) is 24.1 Å². The van der Waals surface area contributed by atoms with Crippen LogP contribution in [0.25, 0.3) is 0 Å². The van der Waals surface area contributed by atoms with E-state index in [0.717, 1.165) is 25.7 Å². The molecule has 5 nitrogen and oxygen atoms in total. The Morgan fingerprint density at radius 2 is 0.588 bits per heavy atom. The lowest BCUT2D eigenvalue weighted by atomic mass is 9.79. The summed E-state index contributed by atoms with van der Waals surface area (Å²) in [6.07, 6.45) is 46.8. The van der Waals surface area contributed by atoms with Crippen LogP contribution in [0.15, 0.2) is 0 Å². The normalized spacial score (nSPS) is 19.6. The van der Waals surface area contributed by atoms with E-state index in [1.54, 1.807) is 0 Å². The van der Waals surface area contributed by atoms with Crippen molar-refractivity contribution in [2.45, 2.75) is 257 Å². The van der Waals surface area contributed by atoms with Crippen LogP contribution in [-0.4, -0.2) is 37.4 Å². The maximum atomic E-state index is 13.0. The smallest absolute Gasteiger partial charge is 0.309 e. The van der Waals surface area contributed by atoms with Gasteiger partial charge in [0.15, 0.2) is 0 Å². The van der Waals surface area contributed by atoms with Crippen LogP contribution in [-0.2, 0) is 23.8 Å². The zero-order valence-electron chi connectivity index (χ0n) is 34.2. The molecule has 2 aliphatic rings. The zero-order valence-corrected chi connectivity index (χ0v) is 34.2. The Balaban J connectivity index is 1.38. The highest BCUT2D eigenvalue weighted by Gasteiger charge is 2.53. The van der Waals surface area contributed by atoms with Crippen molar-refractivity contribution in [3.8, 4) is 0 Å². The lowest BCUT2D eigenvalue weighted by molar-refractivity contribution is -0.162. The minimum Gasteiger partial charge on any atom is -0.465 e. The number of esters is 2. The van der Waals surface area contributed by atoms with Crippen molar-refractivity contribution in [2.75, 3.05) is 13.2 Å². The maximum Gasteiger partial charge on any atom is 0.309 e. The fourth-order valence-electron chi connectivity index (χ4n) is 8.16. The number of carbonyl (C=O) groups excluding carboxylic acids is 2. The van der Waals surface area contributed by atoms with E-state index < -0.39 is 11.8 Å². The third-order valence-electron chi connectivity index (χ3n) is 11.7. The quantitative estimate of drug-likeness (QED) is 0.0361. The van der Waals surface area contributed by atoms with E-state index in [1.165, 1.54) is 193 Å². The number of ether oxygens (including phenoxy) is 3. The number of rotatable bonds is 38. The molecule has 1 aliphatic heterocycles. The van der Waals surface area contributed by atoms with Crippen molar-refractivity contribution >= 4 is 11.9 Å². The van der Waals surface area contributed by atoms with Gasteiger partial charge in [0, 0.05) is 0 Å². The minimum atomic E-state index is -0.414. The van der Waals surface area contributed by atoms with Gasteiger partial charge < -0.3 is 14.2 Å². The van der Waals surface area contributed by atoms with E-state index in [2.05, 4.69) is 13.8 Å². The van der Waals surface area contributed by atoms with Gasteiger partial charge in [0.25, 0.3) is 0 Å². The van der Waals surface area contributed by atoms with Gasteiger partial charge in [-0.1, -0.05) is 219 Å². The number of unbranched alkanes of at least 4 members (excludes halogenated alkanes) is 32. The second-order valence-corrected chi connectivity index (χ2v) is 16.5. The summed E-state index contributed by atoms with van der Waals surface area (Å²) in [5.41, 5.74) is 0. The number of hydrogen-bond acceptors (Lipinski definition) is 5. The molecule has 4 atom stereocenters. The largest absolute Gasteiger partial charge is 0.465 e. The average Bonchev–Trinajstić information content (AvgIpc) is 3.92. The topological polar surface area (TPSA) is 65.1 Å². The van der Waals surface area contributed by atoms with Gasteiger partial charge in [-0.05, 0) is 25.7 Å². The third kappa shape index (κ3) is 25.5. The van der Waals surface area contributed by atoms with Crippen molar-refractivity contribution in [3.05, 3.63) is 0 Å². The summed E-state index contributed by atoms with van der Waals surface area (Å²) in [6, 6.07) is 0. The second kappa shape index (κ2) is 33.5. The predicted molar refractivity (Wildman–Crippen MR) is 215 cm³/mol. The zero-order chi connectivity index (χ0) is 36.5. The van der Waals surface area contributed by atoms with Crippen LogP contribution in [0, 0.1) is 11.8 Å². The van der Waals surface area contributed by atoms with Crippen LogP contribution in [0.5, 0.6) is 0 Å². The van der Waals surface area contributed by atoms with Gasteiger partial charge in [0.1, 0.15) is 0 Å². The SMILES string of the molecule is CCCCCCCCCCCCCCCCCCCOC(=O)C1CC2OC2CC1C(=O)OCCCCCCCCCCCCCCCCCCC. The summed E-state index contributed by atoms with van der Waals surface area (Å²) in [6.45, 7) is 5.50. The van der Waals surface area contributed by atoms with Gasteiger partial charge in [-0.25, -0.2) is 0 Å². The first-order chi connectivity index (χ1) is 25.2. The van der Waals surface area contributed by atoms with Crippen LogP contribution in [0.2, 0.25) is 0 Å². The fourth-order valence-corrected chi connectivity index (χ4v) is 8.16. The number of fused-ring (bicyclic) bond motifs is 1. The summed E-state index contributed by atoms with van der Waals surface area (Å²) in [7, 11) is 0. The molecule has 0 aromatic carbocycles. The van der Waals surface area contributed by atoms with E-state index in [1.807, 2.05) is 0 Å². The fraction of sp³-hybridized carbons (Fsp3) is 0.957. The lowest BCUT2D eigenvalue weighted by Crippen LogP contribution is -2.37. The summed E-state index contributed by atoms with van der Waals surface area (Å²) in [4.78, 5) is 26.0. The molecule has 1 saturated carbocycles. The molecule has 0 aromatic heterocycles. The number of hydrogen-bond donors (Lipinski definition) is 0. The Bertz CT molecular complexity index is 735. The van der Waals surface area contributed by atoms with Crippen LogP contribution in [0.1, 0.15) is 245 Å². The molecule has 0 amide bonds. The van der Waals surface area contributed by atoms with Gasteiger partial charge in [0.2, 0.25) is 0 Å². The van der Waals surface area contributed by atoms with Gasteiger partial charge in [0.05, 0.1) is 37.3 Å². The standard InChI is InChI=1S/C46H86O5/c1-3-5-7-9-11-13-15-17-19-21-23-25-27-29-31-33-35-37-49-45(47)41-39-43-44(51-43)40-42(41)46(48)50-38-36-34-32-30-28-26-24-22-20-18-16-14-12-10-8-6-4-2/h41-44H,3-40H2,1-2H3. The van der Waals surface area contributed by atoms with E-state index in [4.69, 9.17) is 14.2 Å². The number of epoxide rings is 1. The molecule has 0 bridgehead atoms. The monoisotopic (exact) mass is 719 g/mol. The summed E-state index contributed by atoms with van der Waals surface area (Å²) < 4.78 is 17.1. The van der Waals surface area contributed by atoms with Crippen LogP contribution < -0.4 is 0 Å².